The maximum atomic E-state index is 5.22. The predicted octanol–water partition coefficient (Wildman–Crippen LogP) is 2.44. The molecular formula is C15H24N2O. The number of rotatable bonds is 4. The van der Waals surface area contributed by atoms with Crippen molar-refractivity contribution in [2.75, 3.05) is 33.3 Å². The van der Waals surface area contributed by atoms with E-state index >= 15 is 0 Å². The third kappa shape index (κ3) is 3.24. The fraction of sp³-hybridized carbons (Fsp3) is 0.600. The Kier molecular flexibility index (Phi) is 5.02. The molecule has 0 radical (unpaired) electrons. The van der Waals surface area contributed by atoms with Crippen LogP contribution in [-0.4, -0.2) is 38.2 Å². The Morgan fingerprint density at radius 2 is 2.00 bits per heavy atom. The van der Waals surface area contributed by atoms with E-state index < -0.39 is 0 Å². The molecule has 1 aliphatic rings. The molecule has 0 saturated carbocycles. The van der Waals surface area contributed by atoms with Crippen molar-refractivity contribution in [2.24, 2.45) is 0 Å². The molecule has 1 N–H and O–H groups in total. The quantitative estimate of drug-likeness (QED) is 0.885. The lowest BCUT2D eigenvalue weighted by Gasteiger charge is -2.30. The second kappa shape index (κ2) is 6.76. The number of methoxy groups -OCH3 is 1. The van der Waals surface area contributed by atoms with E-state index in [4.69, 9.17) is 4.74 Å². The third-order valence-electron chi connectivity index (χ3n) is 3.70. The Balaban J connectivity index is 2.10. The van der Waals surface area contributed by atoms with Crippen molar-refractivity contribution in [1.29, 1.82) is 0 Å². The van der Waals surface area contributed by atoms with E-state index in [1.807, 2.05) is 0 Å². The molecule has 0 amide bonds. The first-order valence-electron chi connectivity index (χ1n) is 6.94. The molecule has 3 nitrogen and oxygen atoms in total. The first-order chi connectivity index (χ1) is 8.85. The molecule has 1 saturated heterocycles. The fourth-order valence-electron chi connectivity index (χ4n) is 2.71. The Morgan fingerprint density at radius 1 is 1.22 bits per heavy atom. The van der Waals surface area contributed by atoms with E-state index in [9.17, 15) is 0 Å². The Morgan fingerprint density at radius 3 is 2.67 bits per heavy atom. The summed E-state index contributed by atoms with van der Waals surface area (Å²) in [6.07, 6.45) is 2.40. The van der Waals surface area contributed by atoms with Crippen molar-refractivity contribution in [3.8, 4) is 5.75 Å². The minimum absolute atomic E-state index is 0.538. The Bertz CT molecular complexity index is 342. The second-order valence-corrected chi connectivity index (χ2v) is 4.84. The lowest BCUT2D eigenvalue weighted by molar-refractivity contribution is 0.205. The molecule has 2 rings (SSSR count). The van der Waals surface area contributed by atoms with Crippen LogP contribution in [0.1, 0.15) is 31.4 Å². The molecule has 1 aliphatic heterocycles. The van der Waals surface area contributed by atoms with E-state index in [0.717, 1.165) is 31.8 Å². The van der Waals surface area contributed by atoms with Gasteiger partial charge in [0.05, 0.1) is 7.11 Å². The number of benzene rings is 1. The van der Waals surface area contributed by atoms with Crippen LogP contribution >= 0.6 is 0 Å². The van der Waals surface area contributed by atoms with Gasteiger partial charge in [-0.1, -0.05) is 19.1 Å². The Hall–Kier alpha value is -1.06. The van der Waals surface area contributed by atoms with Gasteiger partial charge in [0.2, 0.25) is 0 Å². The molecule has 1 heterocycles. The molecule has 18 heavy (non-hydrogen) atoms. The largest absolute Gasteiger partial charge is 0.497 e. The van der Waals surface area contributed by atoms with E-state index in [1.165, 1.54) is 18.5 Å². The van der Waals surface area contributed by atoms with Gasteiger partial charge in [0.25, 0.3) is 0 Å². The zero-order valence-electron chi connectivity index (χ0n) is 11.5. The van der Waals surface area contributed by atoms with E-state index in [1.54, 1.807) is 7.11 Å². The number of hydrogen-bond acceptors (Lipinski definition) is 3. The van der Waals surface area contributed by atoms with Crippen LogP contribution in [0.5, 0.6) is 5.75 Å². The fourth-order valence-corrected chi connectivity index (χ4v) is 2.71. The van der Waals surface area contributed by atoms with Crippen molar-refractivity contribution in [3.63, 3.8) is 0 Å². The van der Waals surface area contributed by atoms with Gasteiger partial charge in [0.1, 0.15) is 5.75 Å². The summed E-state index contributed by atoms with van der Waals surface area (Å²) < 4.78 is 5.22. The molecule has 1 atom stereocenters. The summed E-state index contributed by atoms with van der Waals surface area (Å²) in [7, 11) is 1.72. The van der Waals surface area contributed by atoms with Gasteiger partial charge in [-0.05, 0) is 37.1 Å². The average molecular weight is 248 g/mol. The third-order valence-corrected chi connectivity index (χ3v) is 3.70. The molecule has 1 aromatic carbocycles. The summed E-state index contributed by atoms with van der Waals surface area (Å²) in [6, 6.07) is 9.06. The minimum Gasteiger partial charge on any atom is -0.497 e. The number of ether oxygens (including phenoxy) is 1. The summed E-state index contributed by atoms with van der Waals surface area (Å²) in [6.45, 7) is 6.86. The molecule has 0 bridgehead atoms. The van der Waals surface area contributed by atoms with Crippen molar-refractivity contribution < 1.29 is 4.74 Å². The van der Waals surface area contributed by atoms with Crippen molar-refractivity contribution in [3.05, 3.63) is 29.8 Å². The Labute approximate surface area is 110 Å². The molecule has 3 heteroatoms. The molecule has 0 aromatic heterocycles. The van der Waals surface area contributed by atoms with Crippen LogP contribution in [0.3, 0.4) is 0 Å². The predicted molar refractivity (Wildman–Crippen MR) is 75.1 cm³/mol. The highest BCUT2D eigenvalue weighted by molar-refractivity contribution is 5.29. The first-order valence-corrected chi connectivity index (χ1v) is 6.94. The zero-order valence-corrected chi connectivity index (χ0v) is 11.5. The van der Waals surface area contributed by atoms with Gasteiger partial charge < -0.3 is 10.1 Å². The van der Waals surface area contributed by atoms with Gasteiger partial charge in [0.15, 0.2) is 0 Å². The molecular weight excluding hydrogens is 224 g/mol. The van der Waals surface area contributed by atoms with Crippen LogP contribution in [-0.2, 0) is 0 Å². The van der Waals surface area contributed by atoms with Gasteiger partial charge in [-0.25, -0.2) is 0 Å². The maximum Gasteiger partial charge on any atom is 0.118 e. The van der Waals surface area contributed by atoms with Gasteiger partial charge in [-0.15, -0.1) is 0 Å². The van der Waals surface area contributed by atoms with Crippen LogP contribution in [0.25, 0.3) is 0 Å². The smallest absolute Gasteiger partial charge is 0.118 e. The van der Waals surface area contributed by atoms with Gasteiger partial charge in [-0.3, -0.25) is 4.90 Å². The molecule has 100 valence electrons. The second-order valence-electron chi connectivity index (χ2n) is 4.84. The number of nitrogens with one attached hydrogen (secondary N) is 1. The highest BCUT2D eigenvalue weighted by Gasteiger charge is 2.19. The summed E-state index contributed by atoms with van der Waals surface area (Å²) in [5.41, 5.74) is 1.40. The molecule has 0 aliphatic carbocycles. The van der Waals surface area contributed by atoms with E-state index in [-0.39, 0.29) is 0 Å². The SMILES string of the molecule is CCC(c1ccc(OC)cc1)N1CCCNCC1. The highest BCUT2D eigenvalue weighted by atomic mass is 16.5. The highest BCUT2D eigenvalue weighted by Crippen LogP contribution is 2.26. The number of hydrogen-bond donors (Lipinski definition) is 1. The lowest BCUT2D eigenvalue weighted by Crippen LogP contribution is -2.32. The van der Waals surface area contributed by atoms with Crippen LogP contribution < -0.4 is 10.1 Å². The van der Waals surface area contributed by atoms with Crippen molar-refractivity contribution in [2.45, 2.75) is 25.8 Å². The molecule has 0 spiro atoms. The van der Waals surface area contributed by atoms with Crippen molar-refractivity contribution in [1.82, 2.24) is 10.2 Å². The summed E-state index contributed by atoms with van der Waals surface area (Å²) in [5, 5.41) is 3.46. The normalized spacial score (nSPS) is 19.2. The van der Waals surface area contributed by atoms with Crippen LogP contribution in [0.2, 0.25) is 0 Å². The van der Waals surface area contributed by atoms with Gasteiger partial charge >= 0.3 is 0 Å². The average Bonchev–Trinajstić information content (AvgIpc) is 2.70. The van der Waals surface area contributed by atoms with Crippen LogP contribution in [0.4, 0.5) is 0 Å². The van der Waals surface area contributed by atoms with Gasteiger partial charge in [-0.2, -0.15) is 0 Å². The molecule has 1 unspecified atom stereocenters. The zero-order chi connectivity index (χ0) is 12.8. The summed E-state index contributed by atoms with van der Waals surface area (Å²) in [4.78, 5) is 2.60. The first kappa shape index (κ1) is 13.4. The van der Waals surface area contributed by atoms with E-state index in [0.29, 0.717) is 6.04 Å². The summed E-state index contributed by atoms with van der Waals surface area (Å²) in [5.74, 6) is 0.936. The topological polar surface area (TPSA) is 24.5 Å². The molecule has 1 aromatic rings. The summed E-state index contributed by atoms with van der Waals surface area (Å²) >= 11 is 0. The monoisotopic (exact) mass is 248 g/mol. The van der Waals surface area contributed by atoms with Crippen LogP contribution in [0, 0.1) is 0 Å². The maximum absolute atomic E-state index is 5.22. The van der Waals surface area contributed by atoms with Crippen LogP contribution in [0.15, 0.2) is 24.3 Å². The minimum atomic E-state index is 0.538. The molecule has 1 fully saturated rings. The number of nitrogens with zero attached hydrogens (tertiary/aromatic N) is 1. The lowest BCUT2D eigenvalue weighted by atomic mass is 10.0. The van der Waals surface area contributed by atoms with E-state index in [2.05, 4.69) is 41.4 Å². The standard InChI is InChI=1S/C15H24N2O/c1-3-15(17-11-4-9-16-10-12-17)13-5-7-14(18-2)8-6-13/h5-8,15-16H,3-4,9-12H2,1-2H3. The van der Waals surface area contributed by atoms with Gasteiger partial charge in [0, 0.05) is 25.7 Å². The van der Waals surface area contributed by atoms with Crippen molar-refractivity contribution >= 4 is 0 Å².